The Labute approximate surface area is 432 Å². The van der Waals surface area contributed by atoms with Crippen molar-refractivity contribution >= 4 is 212 Å². The number of ether oxygens (including phenoxy) is 6. The van der Waals surface area contributed by atoms with E-state index >= 15 is 0 Å². The summed E-state index contributed by atoms with van der Waals surface area (Å²) >= 11 is 14.9. The molecule has 15 rings (SSSR count). The van der Waals surface area contributed by atoms with E-state index in [1.54, 1.807) is 0 Å². The van der Waals surface area contributed by atoms with E-state index in [9.17, 15) is 0 Å². The number of thiophene rings is 8. The van der Waals surface area contributed by atoms with Crippen LogP contribution in [0.3, 0.4) is 0 Å². The van der Waals surface area contributed by atoms with Gasteiger partial charge in [-0.05, 0) is 97.1 Å². The maximum absolute atomic E-state index is 6.22. The summed E-state index contributed by atoms with van der Waals surface area (Å²) in [6.45, 7) is 6.49. The van der Waals surface area contributed by atoms with Crippen molar-refractivity contribution in [3.8, 4) is 0 Å². The van der Waals surface area contributed by atoms with Crippen LogP contribution in [0.5, 0.6) is 0 Å². The monoisotopic (exact) mass is 1060 g/mol. The summed E-state index contributed by atoms with van der Waals surface area (Å²) < 4.78 is 52.7. The Hall–Kier alpha value is -4.20. The second kappa shape index (κ2) is 17.8. The van der Waals surface area contributed by atoms with E-state index in [1.807, 2.05) is 90.7 Å². The molecule has 6 aromatic carbocycles. The third-order valence-corrected chi connectivity index (χ3v) is 22.2. The van der Waals surface area contributed by atoms with Gasteiger partial charge < -0.3 is 28.4 Å². The van der Waals surface area contributed by atoms with Gasteiger partial charge in [-0.25, -0.2) is 0 Å². The largest absolute Gasteiger partial charge is 0.377 e. The molecular weight excluding hydrogens is 1030 g/mol. The van der Waals surface area contributed by atoms with Gasteiger partial charge in [-0.2, -0.15) is 0 Å². The lowest BCUT2D eigenvalue weighted by Crippen LogP contribution is -2.09. The molecule has 6 nitrogen and oxygen atoms in total. The van der Waals surface area contributed by atoms with E-state index in [2.05, 4.69) is 97.1 Å². The zero-order chi connectivity index (χ0) is 45.9. The SMILES string of the molecule is c1cc2sc3ccc4sc5ccc6sc7cc6c5c4c3c2c2cc(sc12)COCCOCCOCc1cc2c(ccc3sc4ccc5sc6ccc8sc(cc8c6c5c4c32)COCCOCCOC7)s1. The Bertz CT molecular complexity index is 3810. The van der Waals surface area contributed by atoms with Crippen molar-refractivity contribution < 1.29 is 28.4 Å². The summed E-state index contributed by atoms with van der Waals surface area (Å²) in [5.41, 5.74) is 0. The molecular formula is C56H40O6S8. The standard InChI is InChI=1S/C56H40O6S8/c1-5-41-49-33-21-29(63-37(1)33)25-59-17-13-57-14-18-60-27-31-23-35-39(65-31)3-7-43-51(35)55-47(69-43)11-12-48-56(55)52-36-24-32(66-40(36)4-8-44(52)70-48)28-62-20-16-58-15-19-61-26-30-22-34-38(64-30)2-6-42-50(34)54-46(68-42)10-9-45(67-41)53(49)54/h1-12,21-24H,13-20,25-28H2. The molecule has 70 heavy (non-hydrogen) atoms. The zero-order valence-corrected chi connectivity index (χ0v) is 44.0. The summed E-state index contributed by atoms with van der Waals surface area (Å²) in [6.07, 6.45) is 0. The Kier molecular flexibility index (Phi) is 11.0. The molecule has 8 bridgehead atoms. The maximum Gasteiger partial charge on any atom is 0.0810 e. The van der Waals surface area contributed by atoms with Crippen LogP contribution in [0.15, 0.2) is 97.1 Å². The van der Waals surface area contributed by atoms with Gasteiger partial charge in [0.2, 0.25) is 0 Å². The Balaban J connectivity index is 0.729. The highest BCUT2D eigenvalue weighted by Crippen LogP contribution is 2.52. The van der Waals surface area contributed by atoms with Crippen LogP contribution >= 0.6 is 90.7 Å². The summed E-state index contributed by atoms with van der Waals surface area (Å²) in [5.74, 6) is 0. The highest BCUT2D eigenvalue weighted by Gasteiger charge is 2.22. The average molecular weight is 1070 g/mol. The van der Waals surface area contributed by atoms with Crippen LogP contribution < -0.4 is 0 Å². The maximum atomic E-state index is 6.22. The van der Waals surface area contributed by atoms with E-state index in [0.29, 0.717) is 79.3 Å². The van der Waals surface area contributed by atoms with Crippen molar-refractivity contribution in [2.45, 2.75) is 26.4 Å². The third-order valence-electron chi connectivity index (χ3n) is 13.5. The lowest BCUT2D eigenvalue weighted by atomic mass is 10.0. The predicted octanol–water partition coefficient (Wildman–Crippen LogP) is 17.8. The molecule has 1 aliphatic heterocycles. The minimum atomic E-state index is 0.529. The molecule has 14 aromatic rings. The van der Waals surface area contributed by atoms with Crippen molar-refractivity contribution in [2.75, 3.05) is 52.9 Å². The van der Waals surface area contributed by atoms with Gasteiger partial charge >= 0.3 is 0 Å². The summed E-state index contributed by atoms with van der Waals surface area (Å²) in [6, 6.07) is 37.1. The van der Waals surface area contributed by atoms with Crippen molar-refractivity contribution in [1.82, 2.24) is 0 Å². The van der Waals surface area contributed by atoms with Gasteiger partial charge in [-0.1, -0.05) is 0 Å². The minimum absolute atomic E-state index is 0.529. The van der Waals surface area contributed by atoms with Crippen molar-refractivity contribution in [2.24, 2.45) is 0 Å². The second-order valence-electron chi connectivity index (χ2n) is 17.7. The molecule has 0 saturated heterocycles. The number of hydrogen-bond acceptors (Lipinski definition) is 14. The van der Waals surface area contributed by atoms with Gasteiger partial charge in [0, 0.05) is 141 Å². The highest BCUT2D eigenvalue weighted by molar-refractivity contribution is 7.30. The lowest BCUT2D eigenvalue weighted by Gasteiger charge is -2.05. The van der Waals surface area contributed by atoms with Crippen LogP contribution in [0.2, 0.25) is 0 Å². The first-order valence-electron chi connectivity index (χ1n) is 23.4. The molecule has 348 valence electrons. The molecule has 0 radical (unpaired) electrons. The van der Waals surface area contributed by atoms with Crippen LogP contribution in [0.25, 0.3) is 121 Å². The molecule has 8 aromatic heterocycles. The zero-order valence-electron chi connectivity index (χ0n) is 37.4. The molecule has 14 heteroatoms. The molecule has 0 unspecified atom stereocenters. The first kappa shape index (κ1) is 43.4. The molecule has 0 spiro atoms. The van der Waals surface area contributed by atoms with E-state index in [-0.39, 0.29) is 0 Å². The molecule has 0 saturated carbocycles. The fourth-order valence-corrected chi connectivity index (χ4v) is 19.1. The van der Waals surface area contributed by atoms with Gasteiger partial charge in [0.05, 0.1) is 79.3 Å². The van der Waals surface area contributed by atoms with Gasteiger partial charge in [0.25, 0.3) is 0 Å². The second-order valence-corrected chi connectivity index (χ2v) is 26.7. The number of fused-ring (bicyclic) bond motifs is 4. The van der Waals surface area contributed by atoms with Crippen LogP contribution in [-0.4, -0.2) is 52.9 Å². The lowest BCUT2D eigenvalue weighted by molar-refractivity contribution is 0.00792. The number of hydrogen-bond donors (Lipinski definition) is 0. The van der Waals surface area contributed by atoms with Crippen LogP contribution in [0.4, 0.5) is 0 Å². The number of rotatable bonds is 0. The van der Waals surface area contributed by atoms with Crippen molar-refractivity contribution in [3.63, 3.8) is 0 Å². The molecule has 0 amide bonds. The molecule has 0 atom stereocenters. The van der Waals surface area contributed by atoms with Crippen LogP contribution in [-0.2, 0) is 54.8 Å². The molecule has 0 N–H and O–H groups in total. The van der Waals surface area contributed by atoms with Crippen molar-refractivity contribution in [3.05, 3.63) is 117 Å². The summed E-state index contributed by atoms with van der Waals surface area (Å²) in [4.78, 5) is 4.92. The van der Waals surface area contributed by atoms with Gasteiger partial charge in [0.1, 0.15) is 0 Å². The van der Waals surface area contributed by atoms with Crippen LogP contribution in [0, 0.1) is 0 Å². The normalized spacial score (nSPS) is 16.1. The van der Waals surface area contributed by atoms with Gasteiger partial charge in [-0.3, -0.25) is 0 Å². The molecule has 1 aliphatic rings. The van der Waals surface area contributed by atoms with E-state index in [4.69, 9.17) is 28.4 Å². The highest BCUT2D eigenvalue weighted by atomic mass is 32.1. The first-order chi connectivity index (χ1) is 34.7. The first-order valence-corrected chi connectivity index (χ1v) is 29.9. The van der Waals surface area contributed by atoms with Crippen LogP contribution in [0.1, 0.15) is 19.5 Å². The third kappa shape index (κ3) is 7.29. The topological polar surface area (TPSA) is 55.4 Å². The average Bonchev–Trinajstić information content (AvgIpc) is 4.23. The molecule has 0 fully saturated rings. The predicted molar refractivity (Wildman–Crippen MR) is 306 cm³/mol. The smallest absolute Gasteiger partial charge is 0.0810 e. The molecule has 9 heterocycles. The van der Waals surface area contributed by atoms with Gasteiger partial charge in [0.15, 0.2) is 0 Å². The summed E-state index contributed by atoms with van der Waals surface area (Å²) in [7, 11) is 0. The fourth-order valence-electron chi connectivity index (χ4n) is 10.5. The fraction of sp³-hybridized carbons (Fsp3) is 0.214. The minimum Gasteiger partial charge on any atom is -0.377 e. The number of benzene rings is 6. The molecule has 0 aliphatic carbocycles. The Morgan fingerprint density at radius 1 is 0.214 bits per heavy atom. The van der Waals surface area contributed by atoms with E-state index in [1.165, 1.54) is 141 Å². The Morgan fingerprint density at radius 3 is 0.657 bits per heavy atom. The van der Waals surface area contributed by atoms with Gasteiger partial charge in [-0.15, -0.1) is 90.7 Å². The quantitative estimate of drug-likeness (QED) is 0.151. The summed E-state index contributed by atoms with van der Waals surface area (Å²) in [5, 5.41) is 16.2. The van der Waals surface area contributed by atoms with E-state index in [0.717, 1.165) is 0 Å². The van der Waals surface area contributed by atoms with E-state index < -0.39 is 0 Å². The van der Waals surface area contributed by atoms with Crippen molar-refractivity contribution in [1.29, 1.82) is 0 Å². The Morgan fingerprint density at radius 2 is 0.414 bits per heavy atom.